The molecule has 9 aromatic rings. The quantitative estimate of drug-likeness (QED) is 0.184. The molecule has 0 amide bonds. The van der Waals surface area contributed by atoms with Crippen LogP contribution in [0.3, 0.4) is 0 Å². The minimum atomic E-state index is -0.542. The highest BCUT2D eigenvalue weighted by Gasteiger charge is 2.51. The van der Waals surface area contributed by atoms with E-state index in [4.69, 9.17) is 4.74 Å². The van der Waals surface area contributed by atoms with Crippen LogP contribution in [-0.4, -0.2) is 0 Å². The smallest absolute Gasteiger partial charge is 0.132 e. The molecule has 0 unspecified atom stereocenters. The van der Waals surface area contributed by atoms with E-state index < -0.39 is 5.41 Å². The van der Waals surface area contributed by atoms with Crippen molar-refractivity contribution in [3.05, 3.63) is 222 Å². The molecule has 248 valence electrons. The lowest BCUT2D eigenvalue weighted by molar-refractivity contribution is 0.436. The van der Waals surface area contributed by atoms with E-state index >= 15 is 0 Å². The summed E-state index contributed by atoms with van der Waals surface area (Å²) in [5.74, 6) is 1.80. The number of hydrogen-bond donors (Lipinski definition) is 0. The summed E-state index contributed by atoms with van der Waals surface area (Å²) in [7, 11) is 0. The van der Waals surface area contributed by atoms with Gasteiger partial charge in [-0.2, -0.15) is 0 Å². The van der Waals surface area contributed by atoms with Crippen molar-refractivity contribution in [3.8, 4) is 33.8 Å². The lowest BCUT2D eigenvalue weighted by Gasteiger charge is -2.39. The molecule has 0 fully saturated rings. The van der Waals surface area contributed by atoms with Gasteiger partial charge in [-0.25, -0.2) is 0 Å². The number of rotatable bonds is 4. The van der Waals surface area contributed by atoms with Gasteiger partial charge in [-0.1, -0.05) is 152 Å². The fraction of sp³-hybridized carbons (Fsp3) is 0.0196. The second-order valence-electron chi connectivity index (χ2n) is 14.1. The van der Waals surface area contributed by atoms with E-state index in [1.54, 1.807) is 0 Å². The second-order valence-corrected chi connectivity index (χ2v) is 14.1. The predicted octanol–water partition coefficient (Wildman–Crippen LogP) is 13.6. The zero-order chi connectivity index (χ0) is 34.9. The monoisotopic (exact) mass is 675 g/mol. The zero-order valence-corrected chi connectivity index (χ0v) is 28.9. The number of ether oxygens (including phenoxy) is 1. The van der Waals surface area contributed by atoms with Gasteiger partial charge in [-0.3, -0.25) is 0 Å². The van der Waals surface area contributed by atoms with E-state index in [1.165, 1.54) is 66.1 Å². The molecule has 0 bridgehead atoms. The Hall–Kier alpha value is -6.90. The van der Waals surface area contributed by atoms with Crippen LogP contribution in [0.25, 0.3) is 43.8 Å². The maximum atomic E-state index is 6.62. The van der Waals surface area contributed by atoms with E-state index in [0.717, 1.165) is 28.6 Å². The fourth-order valence-electron chi connectivity index (χ4n) is 9.00. The Morgan fingerprint density at radius 1 is 0.358 bits per heavy atom. The van der Waals surface area contributed by atoms with Crippen molar-refractivity contribution in [3.63, 3.8) is 0 Å². The van der Waals surface area contributed by atoms with Crippen molar-refractivity contribution in [2.45, 2.75) is 5.41 Å². The van der Waals surface area contributed by atoms with Gasteiger partial charge >= 0.3 is 0 Å². The predicted molar refractivity (Wildman–Crippen MR) is 219 cm³/mol. The Labute approximate surface area is 308 Å². The van der Waals surface area contributed by atoms with Gasteiger partial charge in [-0.15, -0.1) is 0 Å². The van der Waals surface area contributed by atoms with Crippen molar-refractivity contribution >= 4 is 38.6 Å². The van der Waals surface area contributed by atoms with Crippen LogP contribution in [-0.2, 0) is 5.41 Å². The molecule has 53 heavy (non-hydrogen) atoms. The van der Waals surface area contributed by atoms with E-state index in [1.807, 2.05) is 0 Å². The molecule has 9 aromatic carbocycles. The van der Waals surface area contributed by atoms with Crippen LogP contribution in [0.4, 0.5) is 17.1 Å². The third kappa shape index (κ3) is 4.39. The summed E-state index contributed by atoms with van der Waals surface area (Å²) in [5.41, 5.74) is 12.6. The average molecular weight is 676 g/mol. The van der Waals surface area contributed by atoms with Gasteiger partial charge < -0.3 is 9.64 Å². The summed E-state index contributed by atoms with van der Waals surface area (Å²) in [6, 6.07) is 72.7. The molecule has 1 spiro atoms. The van der Waals surface area contributed by atoms with Gasteiger partial charge in [0.05, 0.1) is 11.1 Å². The number of hydrogen-bond acceptors (Lipinski definition) is 2. The molecule has 0 radical (unpaired) electrons. The summed E-state index contributed by atoms with van der Waals surface area (Å²) >= 11 is 0. The molecule has 2 nitrogen and oxygen atoms in total. The molecule has 1 aliphatic carbocycles. The fourth-order valence-corrected chi connectivity index (χ4v) is 9.00. The number of fused-ring (bicyclic) bond motifs is 11. The van der Waals surface area contributed by atoms with Crippen LogP contribution >= 0.6 is 0 Å². The maximum absolute atomic E-state index is 6.62. The van der Waals surface area contributed by atoms with Crippen molar-refractivity contribution in [2.75, 3.05) is 4.90 Å². The molecule has 0 saturated heterocycles. The highest BCUT2D eigenvalue weighted by molar-refractivity contribution is 6.01. The summed E-state index contributed by atoms with van der Waals surface area (Å²) in [6.07, 6.45) is 0. The molecule has 0 atom stereocenters. The van der Waals surface area contributed by atoms with Gasteiger partial charge in [0.1, 0.15) is 11.5 Å². The Morgan fingerprint density at radius 2 is 0.906 bits per heavy atom. The molecule has 1 heterocycles. The molecular weight excluding hydrogens is 643 g/mol. The number of para-hydroxylation sites is 2. The van der Waals surface area contributed by atoms with Crippen LogP contribution in [0.5, 0.6) is 11.5 Å². The summed E-state index contributed by atoms with van der Waals surface area (Å²) in [4.78, 5) is 2.46. The second kappa shape index (κ2) is 11.6. The first-order chi connectivity index (χ1) is 26.3. The van der Waals surface area contributed by atoms with Crippen molar-refractivity contribution < 1.29 is 4.74 Å². The minimum Gasteiger partial charge on any atom is -0.457 e. The topological polar surface area (TPSA) is 12.5 Å². The zero-order valence-electron chi connectivity index (χ0n) is 28.9. The number of anilines is 3. The molecule has 0 saturated carbocycles. The molecule has 2 aliphatic rings. The van der Waals surface area contributed by atoms with Gasteiger partial charge in [0, 0.05) is 28.1 Å². The lowest BCUT2D eigenvalue weighted by Crippen LogP contribution is -2.32. The largest absolute Gasteiger partial charge is 0.457 e. The van der Waals surface area contributed by atoms with Crippen molar-refractivity contribution in [2.24, 2.45) is 0 Å². The molecule has 11 rings (SSSR count). The molecule has 1 aliphatic heterocycles. The number of nitrogens with zero attached hydrogens (tertiary/aromatic N) is 1. The highest BCUT2D eigenvalue weighted by Crippen LogP contribution is 2.64. The first kappa shape index (κ1) is 29.8. The van der Waals surface area contributed by atoms with Crippen LogP contribution in [0.15, 0.2) is 200 Å². The van der Waals surface area contributed by atoms with Gasteiger partial charge in [0.15, 0.2) is 0 Å². The first-order valence-corrected chi connectivity index (χ1v) is 18.3. The van der Waals surface area contributed by atoms with Crippen LogP contribution in [0, 0.1) is 0 Å². The molecular formula is C51H33NO. The third-order valence-corrected chi connectivity index (χ3v) is 11.3. The van der Waals surface area contributed by atoms with Crippen LogP contribution < -0.4 is 9.64 Å². The van der Waals surface area contributed by atoms with Crippen molar-refractivity contribution in [1.29, 1.82) is 0 Å². The Balaban J connectivity index is 1.19. The summed E-state index contributed by atoms with van der Waals surface area (Å²) in [6.45, 7) is 0. The Bertz CT molecular complexity index is 2840. The van der Waals surface area contributed by atoms with Crippen molar-refractivity contribution in [1.82, 2.24) is 0 Å². The SMILES string of the molecule is c1ccc(-c2ccc3cc(N(c4ccc5ccccc5c4)c4cccc5c4-c4ccccc4C54c5ccccc5Oc5ccccc54)ccc3c2)cc1. The normalized spacial score (nSPS) is 13.2. The lowest BCUT2D eigenvalue weighted by atomic mass is 9.66. The van der Waals surface area contributed by atoms with Gasteiger partial charge in [-0.05, 0) is 97.9 Å². The van der Waals surface area contributed by atoms with E-state index in [2.05, 4.69) is 205 Å². The maximum Gasteiger partial charge on any atom is 0.132 e. The van der Waals surface area contributed by atoms with E-state index in [0.29, 0.717) is 0 Å². The summed E-state index contributed by atoms with van der Waals surface area (Å²) in [5, 5.41) is 4.84. The third-order valence-electron chi connectivity index (χ3n) is 11.3. The average Bonchev–Trinajstić information content (AvgIpc) is 3.52. The Kier molecular flexibility index (Phi) is 6.50. The summed E-state index contributed by atoms with van der Waals surface area (Å²) < 4.78 is 6.62. The molecule has 0 aromatic heterocycles. The molecule has 0 N–H and O–H groups in total. The first-order valence-electron chi connectivity index (χ1n) is 18.3. The van der Waals surface area contributed by atoms with E-state index in [9.17, 15) is 0 Å². The standard InChI is InChI=1S/C51H33NO/c1-2-13-34(14-3-1)37-25-26-39-33-41(30-28-38(39)31-37)52(40-29-27-35-15-4-5-16-36(35)32-40)47-22-12-21-46-50(47)42-17-6-7-18-43(42)51(46)44-19-8-10-23-48(44)53-49-24-11-9-20-45(49)51/h1-33H. The van der Waals surface area contributed by atoms with Crippen LogP contribution in [0.1, 0.15) is 22.3 Å². The van der Waals surface area contributed by atoms with Gasteiger partial charge in [0.25, 0.3) is 0 Å². The van der Waals surface area contributed by atoms with Gasteiger partial charge in [0.2, 0.25) is 0 Å². The Morgan fingerprint density at radius 3 is 1.66 bits per heavy atom. The highest BCUT2D eigenvalue weighted by atomic mass is 16.5. The van der Waals surface area contributed by atoms with Crippen LogP contribution in [0.2, 0.25) is 0 Å². The minimum absolute atomic E-state index is 0.542. The molecule has 2 heteroatoms. The van der Waals surface area contributed by atoms with E-state index in [-0.39, 0.29) is 0 Å². The number of benzene rings is 9.